The molecule has 1 aromatic heterocycles. The summed E-state index contributed by atoms with van der Waals surface area (Å²) in [6.07, 6.45) is 2.78. The van der Waals surface area contributed by atoms with E-state index in [9.17, 15) is 9.59 Å². The summed E-state index contributed by atoms with van der Waals surface area (Å²) in [5.41, 5.74) is 0. The summed E-state index contributed by atoms with van der Waals surface area (Å²) in [6.45, 7) is 3.87. The van der Waals surface area contributed by atoms with Gasteiger partial charge in [0.15, 0.2) is 0 Å². The molecule has 1 aromatic rings. The first-order valence-electron chi connectivity index (χ1n) is 6.87. The van der Waals surface area contributed by atoms with Gasteiger partial charge in [-0.1, -0.05) is 6.92 Å². The van der Waals surface area contributed by atoms with Gasteiger partial charge in [-0.2, -0.15) is 0 Å². The minimum Gasteiger partial charge on any atom is -0.383 e. The van der Waals surface area contributed by atoms with E-state index in [4.69, 9.17) is 4.74 Å². The smallest absolute Gasteiger partial charge is 0.319 e. The molecule has 7 nitrogen and oxygen atoms in total. The van der Waals surface area contributed by atoms with E-state index in [-0.39, 0.29) is 18.5 Å². The molecule has 0 spiro atoms. The van der Waals surface area contributed by atoms with E-state index in [1.54, 1.807) is 23.3 Å². The average Bonchev–Trinajstić information content (AvgIpc) is 3.09. The third-order valence-corrected chi connectivity index (χ3v) is 4.36. The second kappa shape index (κ2) is 7.37. The largest absolute Gasteiger partial charge is 0.383 e. The zero-order chi connectivity index (χ0) is 15.2. The number of nitrogens with one attached hydrogen (secondary N) is 1. The Balaban J connectivity index is 1.79. The molecule has 0 radical (unpaired) electrons. The SMILES string of the molecule is CCc1cnc(CNC(=O)N2CC(=O)N(CCOC)C2)s1. The maximum Gasteiger partial charge on any atom is 0.319 e. The van der Waals surface area contributed by atoms with E-state index < -0.39 is 0 Å². The lowest BCUT2D eigenvalue weighted by Crippen LogP contribution is -2.39. The summed E-state index contributed by atoms with van der Waals surface area (Å²) in [5, 5.41) is 3.68. The fourth-order valence-corrected chi connectivity index (χ4v) is 2.79. The fraction of sp³-hybridized carbons (Fsp3) is 0.615. The van der Waals surface area contributed by atoms with Crippen LogP contribution in [-0.2, 0) is 22.5 Å². The van der Waals surface area contributed by atoms with Crippen LogP contribution in [-0.4, -0.2) is 60.2 Å². The van der Waals surface area contributed by atoms with Gasteiger partial charge in [0.1, 0.15) is 11.6 Å². The van der Waals surface area contributed by atoms with Crippen molar-refractivity contribution < 1.29 is 14.3 Å². The number of methoxy groups -OCH3 is 1. The molecule has 116 valence electrons. The Bertz CT molecular complexity index is 505. The number of aromatic nitrogens is 1. The van der Waals surface area contributed by atoms with Crippen LogP contribution in [0.15, 0.2) is 6.20 Å². The number of carbonyl (C=O) groups is 2. The monoisotopic (exact) mass is 312 g/mol. The van der Waals surface area contributed by atoms with E-state index >= 15 is 0 Å². The predicted octanol–water partition coefficient (Wildman–Crippen LogP) is 0.663. The molecule has 3 amide bonds. The summed E-state index contributed by atoms with van der Waals surface area (Å²) < 4.78 is 4.95. The van der Waals surface area contributed by atoms with E-state index in [0.29, 0.717) is 26.4 Å². The highest BCUT2D eigenvalue weighted by atomic mass is 32.1. The minimum absolute atomic E-state index is 0.0512. The Hall–Kier alpha value is -1.67. The lowest BCUT2D eigenvalue weighted by Gasteiger charge is -2.17. The number of carbonyl (C=O) groups excluding carboxylic acids is 2. The van der Waals surface area contributed by atoms with Crippen LogP contribution in [0.4, 0.5) is 4.79 Å². The molecular weight excluding hydrogens is 292 g/mol. The van der Waals surface area contributed by atoms with Crippen molar-refractivity contribution >= 4 is 23.3 Å². The van der Waals surface area contributed by atoms with Gasteiger partial charge in [0.2, 0.25) is 5.91 Å². The molecule has 0 saturated carbocycles. The summed E-state index contributed by atoms with van der Waals surface area (Å²) >= 11 is 1.59. The normalized spacial score (nSPS) is 14.9. The van der Waals surface area contributed by atoms with Gasteiger partial charge in [-0.25, -0.2) is 9.78 Å². The Kier molecular flexibility index (Phi) is 5.51. The van der Waals surface area contributed by atoms with Crippen LogP contribution in [0.2, 0.25) is 0 Å². The summed E-state index contributed by atoms with van der Waals surface area (Å²) in [5.74, 6) is -0.0512. The number of rotatable bonds is 6. The lowest BCUT2D eigenvalue weighted by atomic mass is 10.4. The molecule has 0 aromatic carbocycles. The highest BCUT2D eigenvalue weighted by Crippen LogP contribution is 2.13. The van der Waals surface area contributed by atoms with Gasteiger partial charge in [0.25, 0.3) is 0 Å². The number of nitrogens with zero attached hydrogens (tertiary/aromatic N) is 3. The summed E-state index contributed by atoms with van der Waals surface area (Å²) in [4.78, 5) is 32.3. The van der Waals surface area contributed by atoms with E-state index in [0.717, 1.165) is 11.4 Å². The molecule has 0 atom stereocenters. The van der Waals surface area contributed by atoms with Gasteiger partial charge in [0.05, 0.1) is 19.8 Å². The van der Waals surface area contributed by atoms with Crippen LogP contribution in [0.3, 0.4) is 0 Å². The molecule has 1 aliphatic rings. The molecule has 8 heteroatoms. The number of hydrogen-bond acceptors (Lipinski definition) is 5. The topological polar surface area (TPSA) is 74.8 Å². The van der Waals surface area contributed by atoms with Gasteiger partial charge in [-0.3, -0.25) is 9.69 Å². The van der Waals surface area contributed by atoms with Crippen LogP contribution in [0, 0.1) is 0 Å². The highest BCUT2D eigenvalue weighted by Gasteiger charge is 2.30. The standard InChI is InChI=1S/C13H20N4O3S/c1-3-10-6-14-11(21-10)7-15-13(19)17-8-12(18)16(9-17)4-5-20-2/h6H,3-5,7-9H2,1-2H3,(H,15,19). The van der Waals surface area contributed by atoms with Crippen molar-refractivity contribution in [2.75, 3.05) is 33.5 Å². The number of urea groups is 1. The van der Waals surface area contributed by atoms with Crippen LogP contribution in [0.5, 0.6) is 0 Å². The molecule has 1 fully saturated rings. The van der Waals surface area contributed by atoms with Crippen molar-refractivity contribution in [3.63, 3.8) is 0 Å². The quantitative estimate of drug-likeness (QED) is 0.837. The summed E-state index contributed by atoms with van der Waals surface area (Å²) in [7, 11) is 1.59. The highest BCUT2D eigenvalue weighted by molar-refractivity contribution is 7.11. The number of hydrogen-bond donors (Lipinski definition) is 1. The molecule has 1 aliphatic heterocycles. The number of thiazole rings is 1. The van der Waals surface area contributed by atoms with Crippen molar-refractivity contribution in [2.24, 2.45) is 0 Å². The fourth-order valence-electron chi connectivity index (χ4n) is 1.99. The molecule has 21 heavy (non-hydrogen) atoms. The van der Waals surface area contributed by atoms with Crippen LogP contribution in [0.1, 0.15) is 16.8 Å². The van der Waals surface area contributed by atoms with Crippen LogP contribution >= 0.6 is 11.3 Å². The average molecular weight is 312 g/mol. The second-order valence-electron chi connectivity index (χ2n) is 4.72. The van der Waals surface area contributed by atoms with Crippen molar-refractivity contribution in [1.29, 1.82) is 0 Å². The molecule has 0 unspecified atom stereocenters. The Morgan fingerprint density at radius 1 is 1.57 bits per heavy atom. The number of ether oxygens (including phenoxy) is 1. The molecule has 0 aliphatic carbocycles. The zero-order valence-corrected chi connectivity index (χ0v) is 13.1. The van der Waals surface area contributed by atoms with Crippen molar-refractivity contribution in [2.45, 2.75) is 19.9 Å². The first-order valence-corrected chi connectivity index (χ1v) is 7.68. The van der Waals surface area contributed by atoms with E-state index in [1.165, 1.54) is 9.78 Å². The third kappa shape index (κ3) is 4.15. The van der Waals surface area contributed by atoms with Crippen molar-refractivity contribution in [1.82, 2.24) is 20.1 Å². The molecule has 2 heterocycles. The molecule has 1 N–H and O–H groups in total. The third-order valence-electron chi connectivity index (χ3n) is 3.21. The van der Waals surface area contributed by atoms with E-state index in [2.05, 4.69) is 17.2 Å². The molecule has 1 saturated heterocycles. The van der Waals surface area contributed by atoms with Gasteiger partial charge >= 0.3 is 6.03 Å². The number of amides is 3. The molecule has 0 bridgehead atoms. The van der Waals surface area contributed by atoms with Gasteiger partial charge in [0, 0.05) is 24.7 Å². The minimum atomic E-state index is -0.239. The Morgan fingerprint density at radius 3 is 3.05 bits per heavy atom. The van der Waals surface area contributed by atoms with Gasteiger partial charge in [-0.05, 0) is 6.42 Å². The Labute approximate surface area is 127 Å². The van der Waals surface area contributed by atoms with Crippen molar-refractivity contribution in [3.05, 3.63) is 16.1 Å². The maximum absolute atomic E-state index is 12.0. The van der Waals surface area contributed by atoms with Gasteiger partial charge < -0.3 is 15.0 Å². The Morgan fingerprint density at radius 2 is 2.38 bits per heavy atom. The predicted molar refractivity (Wildman–Crippen MR) is 78.9 cm³/mol. The lowest BCUT2D eigenvalue weighted by molar-refractivity contribution is -0.127. The molecular formula is C13H20N4O3S. The first-order chi connectivity index (χ1) is 10.1. The second-order valence-corrected chi connectivity index (χ2v) is 5.92. The molecule has 2 rings (SSSR count). The first kappa shape index (κ1) is 15.7. The van der Waals surface area contributed by atoms with Crippen molar-refractivity contribution in [3.8, 4) is 0 Å². The summed E-state index contributed by atoms with van der Waals surface area (Å²) in [6, 6.07) is -0.239. The van der Waals surface area contributed by atoms with Crippen LogP contribution in [0.25, 0.3) is 0 Å². The van der Waals surface area contributed by atoms with Gasteiger partial charge in [-0.15, -0.1) is 11.3 Å². The zero-order valence-electron chi connectivity index (χ0n) is 12.3. The van der Waals surface area contributed by atoms with E-state index in [1.807, 2.05) is 6.20 Å². The number of aryl methyl sites for hydroxylation is 1. The van der Waals surface area contributed by atoms with Crippen LogP contribution < -0.4 is 5.32 Å². The maximum atomic E-state index is 12.0.